The zero-order valence-corrected chi connectivity index (χ0v) is 17.2. The summed E-state index contributed by atoms with van der Waals surface area (Å²) >= 11 is 6.87. The van der Waals surface area contributed by atoms with Gasteiger partial charge in [-0.15, -0.1) is 0 Å². The van der Waals surface area contributed by atoms with Crippen LogP contribution in [-0.2, 0) is 14.3 Å². The van der Waals surface area contributed by atoms with E-state index in [0.717, 1.165) is 24.8 Å². The Labute approximate surface area is 161 Å². The summed E-state index contributed by atoms with van der Waals surface area (Å²) in [6.07, 6.45) is 8.33. The van der Waals surface area contributed by atoms with Crippen molar-refractivity contribution in [3.63, 3.8) is 0 Å². The van der Waals surface area contributed by atoms with E-state index < -0.39 is 0 Å². The Morgan fingerprint density at radius 3 is 2.50 bits per heavy atom. The van der Waals surface area contributed by atoms with Gasteiger partial charge in [-0.25, -0.2) is 0 Å². The highest BCUT2D eigenvalue weighted by atomic mass is 35.5. The molecule has 3 atom stereocenters. The molecule has 4 heteroatoms. The van der Waals surface area contributed by atoms with Gasteiger partial charge < -0.3 is 4.74 Å². The number of allylic oxidation sites excluding steroid dienone is 5. The minimum absolute atomic E-state index is 0.0327. The van der Waals surface area contributed by atoms with Gasteiger partial charge in [-0.1, -0.05) is 45.7 Å². The molecule has 3 nitrogen and oxygen atoms in total. The summed E-state index contributed by atoms with van der Waals surface area (Å²) < 4.78 is 5.10. The summed E-state index contributed by atoms with van der Waals surface area (Å²) in [7, 11) is 1.41. The van der Waals surface area contributed by atoms with Gasteiger partial charge >= 0.3 is 0 Å². The molecule has 0 saturated heterocycles. The summed E-state index contributed by atoms with van der Waals surface area (Å²) in [5.74, 6) is 0.372. The van der Waals surface area contributed by atoms with Crippen molar-refractivity contribution in [1.29, 1.82) is 0 Å². The molecule has 0 heterocycles. The van der Waals surface area contributed by atoms with Gasteiger partial charge in [0, 0.05) is 11.6 Å². The molecule has 3 aliphatic carbocycles. The zero-order valence-electron chi connectivity index (χ0n) is 16.4. The van der Waals surface area contributed by atoms with Crippen LogP contribution in [0.15, 0.2) is 34.1 Å². The maximum absolute atomic E-state index is 12.8. The molecule has 0 bridgehead atoms. The predicted molar refractivity (Wildman–Crippen MR) is 104 cm³/mol. The maximum atomic E-state index is 12.8. The first kappa shape index (κ1) is 19.4. The molecule has 0 unspecified atom stereocenters. The molecule has 2 fully saturated rings. The standard InChI is InChI=1S/C22H29ClO3/c1-13-7-8-17-21(2,3)9-6-10-22(17,4)18(13)19(23)15-11-14(24)12-16(26-5)20(15)25/h11-13,17H,6-10H2,1-5H3/b19-18+/t13-,17-,22-/m0/s1. The van der Waals surface area contributed by atoms with Crippen LogP contribution in [0.1, 0.15) is 59.8 Å². The van der Waals surface area contributed by atoms with E-state index in [0.29, 0.717) is 22.4 Å². The first-order chi connectivity index (χ1) is 12.1. The summed E-state index contributed by atoms with van der Waals surface area (Å²) in [4.78, 5) is 24.8. The number of ether oxygens (including phenoxy) is 1. The topological polar surface area (TPSA) is 43.4 Å². The number of halogens is 1. The normalized spacial score (nSPS) is 36.1. The van der Waals surface area contributed by atoms with Gasteiger partial charge in [0.05, 0.1) is 12.1 Å². The number of fused-ring (bicyclic) bond motifs is 1. The molecule has 142 valence electrons. The molecule has 26 heavy (non-hydrogen) atoms. The van der Waals surface area contributed by atoms with E-state index in [4.69, 9.17) is 16.3 Å². The molecule has 0 aliphatic heterocycles. The Bertz CT molecular complexity index is 740. The van der Waals surface area contributed by atoms with Crippen molar-refractivity contribution in [2.24, 2.45) is 22.7 Å². The molecule has 3 aliphatic rings. The second kappa shape index (κ2) is 6.67. The number of methoxy groups -OCH3 is 1. The second-order valence-corrected chi connectivity index (χ2v) is 9.40. The van der Waals surface area contributed by atoms with E-state index in [9.17, 15) is 9.59 Å². The van der Waals surface area contributed by atoms with E-state index in [1.165, 1.54) is 32.1 Å². The van der Waals surface area contributed by atoms with Crippen LogP contribution in [0.2, 0.25) is 0 Å². The van der Waals surface area contributed by atoms with Gasteiger partial charge in [-0.2, -0.15) is 0 Å². The smallest absolute Gasteiger partial charge is 0.229 e. The monoisotopic (exact) mass is 376 g/mol. The molecule has 3 rings (SSSR count). The van der Waals surface area contributed by atoms with Crippen molar-refractivity contribution in [1.82, 2.24) is 0 Å². The molecule has 0 radical (unpaired) electrons. The van der Waals surface area contributed by atoms with Crippen LogP contribution in [0.3, 0.4) is 0 Å². The van der Waals surface area contributed by atoms with E-state index in [1.807, 2.05) is 0 Å². The Hall–Kier alpha value is -1.35. The maximum Gasteiger partial charge on any atom is 0.229 e. The lowest BCUT2D eigenvalue weighted by atomic mass is 9.48. The Balaban J connectivity index is 2.12. The quantitative estimate of drug-likeness (QED) is 0.610. The zero-order chi connectivity index (χ0) is 19.3. The van der Waals surface area contributed by atoms with Crippen LogP contribution >= 0.6 is 11.6 Å². The van der Waals surface area contributed by atoms with Crippen LogP contribution in [0, 0.1) is 22.7 Å². The highest BCUT2D eigenvalue weighted by Gasteiger charge is 2.52. The van der Waals surface area contributed by atoms with Crippen molar-refractivity contribution in [2.45, 2.75) is 59.8 Å². The van der Waals surface area contributed by atoms with Gasteiger partial charge in [0.15, 0.2) is 11.5 Å². The first-order valence-electron chi connectivity index (χ1n) is 9.58. The van der Waals surface area contributed by atoms with E-state index >= 15 is 0 Å². The number of hydrogen-bond donors (Lipinski definition) is 0. The van der Waals surface area contributed by atoms with Crippen LogP contribution < -0.4 is 0 Å². The van der Waals surface area contributed by atoms with Crippen LogP contribution in [0.25, 0.3) is 0 Å². The molecular weight excluding hydrogens is 348 g/mol. The summed E-state index contributed by atoms with van der Waals surface area (Å²) in [6.45, 7) is 9.23. The summed E-state index contributed by atoms with van der Waals surface area (Å²) in [6, 6.07) is 0. The number of carbonyl (C=O) groups is 2. The number of ketones is 2. The second-order valence-electron chi connectivity index (χ2n) is 9.02. The fourth-order valence-corrected chi connectivity index (χ4v) is 6.32. The third kappa shape index (κ3) is 2.98. The Kier molecular flexibility index (Phi) is 4.98. The first-order valence-corrected chi connectivity index (χ1v) is 9.96. The average Bonchev–Trinajstić information content (AvgIpc) is 2.55. The lowest BCUT2D eigenvalue weighted by Gasteiger charge is -2.56. The number of carbonyl (C=O) groups excluding carboxylic acids is 2. The number of hydrogen-bond acceptors (Lipinski definition) is 3. The predicted octanol–water partition coefficient (Wildman–Crippen LogP) is 5.35. The fraction of sp³-hybridized carbons (Fsp3) is 0.636. The van der Waals surface area contributed by atoms with Gasteiger partial charge in [0.2, 0.25) is 5.78 Å². The van der Waals surface area contributed by atoms with Crippen molar-refractivity contribution >= 4 is 23.2 Å². The highest BCUT2D eigenvalue weighted by Crippen LogP contribution is 2.62. The third-order valence-corrected chi connectivity index (χ3v) is 7.35. The van der Waals surface area contributed by atoms with Crippen LogP contribution in [0.5, 0.6) is 0 Å². The molecule has 0 aromatic rings. The minimum Gasteiger partial charge on any atom is -0.492 e. The van der Waals surface area contributed by atoms with Gasteiger partial charge in [-0.05, 0) is 60.0 Å². The van der Waals surface area contributed by atoms with Crippen molar-refractivity contribution < 1.29 is 14.3 Å². The Morgan fingerprint density at radius 1 is 1.15 bits per heavy atom. The fourth-order valence-electron chi connectivity index (χ4n) is 5.78. The van der Waals surface area contributed by atoms with Gasteiger partial charge in [-0.3, -0.25) is 9.59 Å². The summed E-state index contributed by atoms with van der Waals surface area (Å²) in [5.41, 5.74) is 1.68. The van der Waals surface area contributed by atoms with Gasteiger partial charge in [0.1, 0.15) is 0 Å². The molecule has 0 amide bonds. The molecule has 0 spiro atoms. The molecule has 0 aromatic carbocycles. The molecular formula is C22H29ClO3. The van der Waals surface area contributed by atoms with Crippen LogP contribution in [0.4, 0.5) is 0 Å². The summed E-state index contributed by atoms with van der Waals surface area (Å²) in [5, 5.41) is 0.475. The lowest BCUT2D eigenvalue weighted by molar-refractivity contribution is -0.117. The number of rotatable bonds is 2. The SMILES string of the molecule is COC1=CC(=O)C=C(/C(Cl)=C2/[C@@H](C)CC[C@H]3C(C)(C)CCC[C@]23C)C1=O. The van der Waals surface area contributed by atoms with Crippen LogP contribution in [-0.4, -0.2) is 18.7 Å². The number of Topliss-reactive ketones (excluding diaryl/α,β-unsaturated/α-hetero) is 1. The van der Waals surface area contributed by atoms with E-state index in [2.05, 4.69) is 27.7 Å². The average molecular weight is 377 g/mol. The molecule has 0 aromatic heterocycles. The molecule has 0 N–H and O–H groups in total. The largest absolute Gasteiger partial charge is 0.492 e. The third-order valence-electron chi connectivity index (χ3n) is 6.95. The van der Waals surface area contributed by atoms with E-state index in [-0.39, 0.29) is 28.2 Å². The van der Waals surface area contributed by atoms with Crippen molar-refractivity contribution in [2.75, 3.05) is 7.11 Å². The van der Waals surface area contributed by atoms with Crippen molar-refractivity contribution in [3.8, 4) is 0 Å². The Morgan fingerprint density at radius 2 is 1.85 bits per heavy atom. The minimum atomic E-state index is -0.294. The highest BCUT2D eigenvalue weighted by molar-refractivity contribution is 6.38. The molecule has 2 saturated carbocycles. The van der Waals surface area contributed by atoms with E-state index in [1.54, 1.807) is 0 Å². The van der Waals surface area contributed by atoms with Crippen molar-refractivity contribution in [3.05, 3.63) is 34.1 Å². The van der Waals surface area contributed by atoms with Gasteiger partial charge in [0.25, 0.3) is 0 Å². The lowest BCUT2D eigenvalue weighted by Crippen LogP contribution is -2.47.